The number of pyridine rings is 1. The summed E-state index contributed by atoms with van der Waals surface area (Å²) in [5.41, 5.74) is -0.881. The van der Waals surface area contributed by atoms with E-state index in [2.05, 4.69) is 10.3 Å². The molecule has 6 heteroatoms. The molecule has 100 valence electrons. The fourth-order valence-corrected chi connectivity index (χ4v) is 1.31. The van der Waals surface area contributed by atoms with Gasteiger partial charge in [0.1, 0.15) is 0 Å². The first-order valence-corrected chi connectivity index (χ1v) is 5.49. The molecule has 18 heavy (non-hydrogen) atoms. The van der Waals surface area contributed by atoms with Gasteiger partial charge in [0.05, 0.1) is 19.2 Å². The van der Waals surface area contributed by atoms with E-state index in [-0.39, 0.29) is 23.9 Å². The molecular formula is C12H17FN2O3. The Morgan fingerprint density at radius 3 is 2.61 bits per heavy atom. The van der Waals surface area contributed by atoms with Gasteiger partial charge in [-0.1, -0.05) is 20.8 Å². The van der Waals surface area contributed by atoms with Crippen molar-refractivity contribution in [2.24, 2.45) is 5.41 Å². The van der Waals surface area contributed by atoms with E-state index in [0.29, 0.717) is 0 Å². The summed E-state index contributed by atoms with van der Waals surface area (Å²) < 4.78 is 17.8. The highest BCUT2D eigenvalue weighted by atomic mass is 19.1. The lowest BCUT2D eigenvalue weighted by atomic mass is 9.95. The number of aromatic amines is 1. The maximum Gasteiger partial charge on any atom is 0.225 e. The summed E-state index contributed by atoms with van der Waals surface area (Å²) in [6, 6.07) is 0.821. The molecule has 1 amide bonds. The lowest BCUT2D eigenvalue weighted by molar-refractivity contribution is -0.128. The van der Waals surface area contributed by atoms with Crippen molar-refractivity contribution >= 4 is 5.91 Å². The van der Waals surface area contributed by atoms with Crippen LogP contribution >= 0.6 is 0 Å². The summed E-state index contributed by atoms with van der Waals surface area (Å²) >= 11 is 0. The molecule has 5 nitrogen and oxygen atoms in total. The molecule has 0 radical (unpaired) electrons. The van der Waals surface area contributed by atoms with Crippen LogP contribution < -0.4 is 15.5 Å². The molecule has 0 atom stereocenters. The van der Waals surface area contributed by atoms with Gasteiger partial charge in [-0.15, -0.1) is 0 Å². The molecule has 0 bridgehead atoms. The molecule has 0 aliphatic rings. The van der Waals surface area contributed by atoms with E-state index >= 15 is 0 Å². The Kier molecular flexibility index (Phi) is 4.11. The SMILES string of the molecule is COc1[nH]c(F)cc(=O)c1CNC(=O)C(C)(C)C. The van der Waals surface area contributed by atoms with Gasteiger partial charge in [-0.3, -0.25) is 9.59 Å². The van der Waals surface area contributed by atoms with Crippen LogP contribution in [-0.2, 0) is 11.3 Å². The maximum absolute atomic E-state index is 13.0. The van der Waals surface area contributed by atoms with Crippen LogP contribution in [0.3, 0.4) is 0 Å². The van der Waals surface area contributed by atoms with E-state index < -0.39 is 16.8 Å². The van der Waals surface area contributed by atoms with Gasteiger partial charge >= 0.3 is 0 Å². The predicted octanol–water partition coefficient (Wildman–Crippen LogP) is 1.18. The molecule has 0 saturated heterocycles. The Hall–Kier alpha value is -1.85. The van der Waals surface area contributed by atoms with Crippen molar-refractivity contribution in [2.75, 3.05) is 7.11 Å². The number of hydrogen-bond acceptors (Lipinski definition) is 3. The number of aromatic nitrogens is 1. The molecule has 2 N–H and O–H groups in total. The lowest BCUT2D eigenvalue weighted by Crippen LogP contribution is -2.35. The summed E-state index contributed by atoms with van der Waals surface area (Å²) in [7, 11) is 1.32. The number of carbonyl (C=O) groups is 1. The number of halogens is 1. The number of hydrogen-bond donors (Lipinski definition) is 2. The monoisotopic (exact) mass is 256 g/mol. The number of rotatable bonds is 3. The molecule has 1 aromatic heterocycles. The van der Waals surface area contributed by atoms with Crippen molar-refractivity contribution in [2.45, 2.75) is 27.3 Å². The maximum atomic E-state index is 13.0. The van der Waals surface area contributed by atoms with Gasteiger partial charge in [0.2, 0.25) is 11.8 Å². The molecule has 1 aromatic rings. The predicted molar refractivity (Wildman–Crippen MR) is 64.9 cm³/mol. The van der Waals surface area contributed by atoms with Gasteiger partial charge in [0, 0.05) is 11.5 Å². The number of amides is 1. The number of H-pyrrole nitrogens is 1. The molecule has 0 aromatic carbocycles. The number of carbonyl (C=O) groups excluding carboxylic acids is 1. The Morgan fingerprint density at radius 1 is 1.50 bits per heavy atom. The minimum Gasteiger partial charge on any atom is -0.482 e. The smallest absolute Gasteiger partial charge is 0.225 e. The van der Waals surface area contributed by atoms with E-state index in [0.717, 1.165) is 6.07 Å². The zero-order chi connectivity index (χ0) is 13.9. The molecular weight excluding hydrogens is 239 g/mol. The normalized spacial score (nSPS) is 11.2. The summed E-state index contributed by atoms with van der Waals surface area (Å²) in [4.78, 5) is 25.6. The van der Waals surface area contributed by atoms with Crippen LogP contribution in [0.2, 0.25) is 0 Å². The van der Waals surface area contributed by atoms with Crippen LogP contribution in [0.25, 0.3) is 0 Å². The topological polar surface area (TPSA) is 71.2 Å². The standard InChI is InChI=1S/C12H17FN2O3/c1-12(2,3)11(17)14-6-7-8(16)5-9(13)15-10(7)18-4/h5H,6H2,1-4H3,(H,14,17)(H,15,16). The third-order valence-electron chi connectivity index (χ3n) is 2.37. The van der Waals surface area contributed by atoms with Crippen molar-refractivity contribution in [1.29, 1.82) is 0 Å². The number of ether oxygens (including phenoxy) is 1. The molecule has 1 rings (SSSR count). The minimum atomic E-state index is -0.775. The number of nitrogens with one attached hydrogen (secondary N) is 2. The molecule has 0 unspecified atom stereocenters. The van der Waals surface area contributed by atoms with Crippen molar-refractivity contribution in [3.63, 3.8) is 0 Å². The molecule has 0 aliphatic carbocycles. The molecule has 1 heterocycles. The van der Waals surface area contributed by atoms with E-state index in [1.54, 1.807) is 20.8 Å². The first kappa shape index (κ1) is 14.2. The average Bonchev–Trinajstić information content (AvgIpc) is 2.25. The Balaban J connectivity index is 2.92. The lowest BCUT2D eigenvalue weighted by Gasteiger charge is -2.18. The molecule has 0 aliphatic heterocycles. The second kappa shape index (κ2) is 5.20. The Bertz CT molecular complexity index is 503. The van der Waals surface area contributed by atoms with Crippen molar-refractivity contribution in [1.82, 2.24) is 10.3 Å². The van der Waals surface area contributed by atoms with Crippen LogP contribution in [-0.4, -0.2) is 18.0 Å². The first-order valence-electron chi connectivity index (χ1n) is 5.49. The Labute approximate surface area is 104 Å². The van der Waals surface area contributed by atoms with Crippen molar-refractivity contribution in [3.8, 4) is 5.88 Å². The first-order chi connectivity index (χ1) is 8.25. The average molecular weight is 256 g/mol. The highest BCUT2D eigenvalue weighted by Gasteiger charge is 2.21. The summed E-state index contributed by atoms with van der Waals surface area (Å²) in [6.07, 6.45) is 0. The molecule has 0 fully saturated rings. The van der Waals surface area contributed by atoms with E-state index in [1.807, 2.05) is 0 Å². The third kappa shape index (κ3) is 3.32. The van der Waals surface area contributed by atoms with Crippen molar-refractivity contribution in [3.05, 3.63) is 27.8 Å². The number of methoxy groups -OCH3 is 1. The van der Waals surface area contributed by atoms with Gasteiger partial charge in [0.25, 0.3) is 0 Å². The van der Waals surface area contributed by atoms with Gasteiger partial charge in [-0.25, -0.2) is 0 Å². The zero-order valence-electron chi connectivity index (χ0n) is 10.9. The quantitative estimate of drug-likeness (QED) is 0.798. The van der Waals surface area contributed by atoms with Gasteiger partial charge in [-0.05, 0) is 0 Å². The van der Waals surface area contributed by atoms with Crippen molar-refractivity contribution < 1.29 is 13.9 Å². The summed E-state index contributed by atoms with van der Waals surface area (Å²) in [5, 5.41) is 2.61. The van der Waals surface area contributed by atoms with Gasteiger partial charge in [0.15, 0.2) is 11.4 Å². The van der Waals surface area contributed by atoms with Crippen LogP contribution in [0.15, 0.2) is 10.9 Å². The molecule has 0 spiro atoms. The largest absolute Gasteiger partial charge is 0.482 e. The second-order valence-corrected chi connectivity index (χ2v) is 4.93. The summed E-state index contributed by atoms with van der Waals surface area (Å²) in [6.45, 7) is 5.27. The Morgan fingerprint density at radius 2 is 2.11 bits per heavy atom. The molecule has 0 saturated carbocycles. The van der Waals surface area contributed by atoms with Crippen LogP contribution in [0.1, 0.15) is 26.3 Å². The van der Waals surface area contributed by atoms with Gasteiger partial charge in [-0.2, -0.15) is 4.39 Å². The second-order valence-electron chi connectivity index (χ2n) is 4.93. The van der Waals surface area contributed by atoms with Crippen LogP contribution in [0.5, 0.6) is 5.88 Å². The fraction of sp³-hybridized carbons (Fsp3) is 0.500. The highest BCUT2D eigenvalue weighted by Crippen LogP contribution is 2.14. The van der Waals surface area contributed by atoms with E-state index in [4.69, 9.17) is 4.74 Å². The van der Waals surface area contributed by atoms with E-state index in [1.165, 1.54) is 7.11 Å². The van der Waals surface area contributed by atoms with E-state index in [9.17, 15) is 14.0 Å². The highest BCUT2D eigenvalue weighted by molar-refractivity contribution is 5.81. The fourth-order valence-electron chi connectivity index (χ4n) is 1.31. The third-order valence-corrected chi connectivity index (χ3v) is 2.37. The van der Waals surface area contributed by atoms with Crippen LogP contribution in [0, 0.1) is 11.4 Å². The summed E-state index contributed by atoms with van der Waals surface area (Å²) in [5.74, 6) is -0.953. The zero-order valence-corrected chi connectivity index (χ0v) is 10.9. The van der Waals surface area contributed by atoms with Crippen LogP contribution in [0.4, 0.5) is 4.39 Å². The van der Waals surface area contributed by atoms with Gasteiger partial charge < -0.3 is 15.0 Å². The minimum absolute atomic E-state index is 0.00507.